The van der Waals surface area contributed by atoms with E-state index in [1.54, 1.807) is 6.07 Å². The molecule has 1 aliphatic rings. The highest BCUT2D eigenvalue weighted by Gasteiger charge is 2.15. The maximum absolute atomic E-state index is 13.4. The van der Waals surface area contributed by atoms with E-state index in [2.05, 4.69) is 22.4 Å². The summed E-state index contributed by atoms with van der Waals surface area (Å²) in [4.78, 5) is 2.26. The fraction of sp³-hybridized carbons (Fsp3) is 0.455. The number of anilines is 2. The van der Waals surface area contributed by atoms with Gasteiger partial charge in [-0.15, -0.1) is 0 Å². The van der Waals surface area contributed by atoms with Crippen LogP contribution in [0.4, 0.5) is 15.8 Å². The number of nitrogens with one attached hydrogen (secondary N) is 1. The van der Waals surface area contributed by atoms with Crippen LogP contribution in [-0.4, -0.2) is 43.1 Å². The first-order chi connectivity index (χ1) is 8.06. The molecule has 0 unspecified atom stereocenters. The molecule has 94 valence electrons. The molecule has 2 rings (SSSR count). The SMILES string of the molecule is CN1CCN(Nc2cc(F)c(I)cc2N)CC1. The number of hydrogen-bond acceptors (Lipinski definition) is 4. The Morgan fingerprint density at radius 1 is 1.29 bits per heavy atom. The number of piperazine rings is 1. The highest BCUT2D eigenvalue weighted by molar-refractivity contribution is 14.1. The molecule has 1 fully saturated rings. The average molecular weight is 350 g/mol. The standard InChI is InChI=1S/C11H16FIN4/c1-16-2-4-17(5-3-16)15-11-6-8(12)9(13)7-10(11)14/h6-7,15H,2-5,14H2,1H3. The monoisotopic (exact) mass is 350 g/mol. The molecule has 0 bridgehead atoms. The molecule has 0 saturated carbocycles. The van der Waals surface area contributed by atoms with Crippen molar-refractivity contribution in [1.29, 1.82) is 0 Å². The largest absolute Gasteiger partial charge is 0.397 e. The number of hydrogen-bond donors (Lipinski definition) is 2. The van der Waals surface area contributed by atoms with E-state index in [-0.39, 0.29) is 5.82 Å². The van der Waals surface area contributed by atoms with E-state index in [0.29, 0.717) is 14.9 Å². The predicted molar refractivity (Wildman–Crippen MR) is 76.2 cm³/mol. The van der Waals surface area contributed by atoms with Crippen molar-refractivity contribution in [2.24, 2.45) is 0 Å². The van der Waals surface area contributed by atoms with Gasteiger partial charge in [-0.3, -0.25) is 0 Å². The lowest BCUT2D eigenvalue weighted by Crippen LogP contribution is -2.47. The Kier molecular flexibility index (Phi) is 4.05. The van der Waals surface area contributed by atoms with Crippen LogP contribution in [0.1, 0.15) is 0 Å². The number of halogens is 2. The predicted octanol–water partition coefficient (Wildman–Crippen LogP) is 1.59. The Morgan fingerprint density at radius 3 is 2.59 bits per heavy atom. The second kappa shape index (κ2) is 5.36. The van der Waals surface area contributed by atoms with Crippen LogP contribution in [0.5, 0.6) is 0 Å². The van der Waals surface area contributed by atoms with Crippen LogP contribution in [0.15, 0.2) is 12.1 Å². The molecule has 0 spiro atoms. The number of nitrogens with zero attached hydrogens (tertiary/aromatic N) is 2. The van der Waals surface area contributed by atoms with Gasteiger partial charge < -0.3 is 16.1 Å². The summed E-state index contributed by atoms with van der Waals surface area (Å²) in [5, 5.41) is 2.07. The molecule has 0 atom stereocenters. The molecule has 1 aliphatic heterocycles. The summed E-state index contributed by atoms with van der Waals surface area (Å²) in [5.41, 5.74) is 10.3. The van der Waals surface area contributed by atoms with Crippen LogP contribution < -0.4 is 11.2 Å². The quantitative estimate of drug-likeness (QED) is 0.628. The van der Waals surface area contributed by atoms with E-state index in [4.69, 9.17) is 5.73 Å². The van der Waals surface area contributed by atoms with Gasteiger partial charge in [0.25, 0.3) is 0 Å². The van der Waals surface area contributed by atoms with E-state index < -0.39 is 0 Å². The van der Waals surface area contributed by atoms with E-state index in [1.807, 2.05) is 22.6 Å². The zero-order valence-corrected chi connectivity index (χ0v) is 11.9. The van der Waals surface area contributed by atoms with Gasteiger partial charge in [-0.1, -0.05) is 0 Å². The fourth-order valence-electron chi connectivity index (χ4n) is 1.75. The van der Waals surface area contributed by atoms with Crippen molar-refractivity contribution in [3.8, 4) is 0 Å². The minimum atomic E-state index is -0.239. The lowest BCUT2D eigenvalue weighted by atomic mass is 10.2. The highest BCUT2D eigenvalue weighted by atomic mass is 127. The van der Waals surface area contributed by atoms with Gasteiger partial charge in [-0.25, -0.2) is 9.40 Å². The molecule has 0 radical (unpaired) electrons. The van der Waals surface area contributed by atoms with E-state index >= 15 is 0 Å². The van der Waals surface area contributed by atoms with Crippen LogP contribution in [0.2, 0.25) is 0 Å². The summed E-state index contributed by atoms with van der Waals surface area (Å²) >= 11 is 1.94. The molecule has 0 amide bonds. The number of benzene rings is 1. The topological polar surface area (TPSA) is 44.5 Å². The number of hydrazine groups is 1. The first-order valence-corrected chi connectivity index (χ1v) is 6.59. The first-order valence-electron chi connectivity index (χ1n) is 5.51. The summed E-state index contributed by atoms with van der Waals surface area (Å²) in [6, 6.07) is 3.10. The van der Waals surface area contributed by atoms with Gasteiger partial charge in [-0.2, -0.15) is 0 Å². The number of nitrogens with two attached hydrogens (primary N) is 1. The molecule has 1 heterocycles. The van der Waals surface area contributed by atoms with Gasteiger partial charge in [0.2, 0.25) is 0 Å². The Hall–Kier alpha value is -0.600. The van der Waals surface area contributed by atoms with Crippen molar-refractivity contribution >= 4 is 34.0 Å². The Bertz CT molecular complexity index is 405. The van der Waals surface area contributed by atoms with Crippen LogP contribution in [0, 0.1) is 9.39 Å². The van der Waals surface area contributed by atoms with Crippen LogP contribution in [0.25, 0.3) is 0 Å². The van der Waals surface area contributed by atoms with E-state index in [0.717, 1.165) is 26.2 Å². The number of nitrogen functional groups attached to an aromatic ring is 1. The molecular formula is C11H16FIN4. The zero-order valence-electron chi connectivity index (χ0n) is 9.71. The van der Waals surface area contributed by atoms with Crippen LogP contribution in [0.3, 0.4) is 0 Å². The molecule has 0 aromatic heterocycles. The maximum Gasteiger partial charge on any atom is 0.138 e. The lowest BCUT2D eigenvalue weighted by Gasteiger charge is -2.33. The lowest BCUT2D eigenvalue weighted by molar-refractivity contribution is 0.179. The van der Waals surface area contributed by atoms with Crippen molar-refractivity contribution < 1.29 is 4.39 Å². The Labute approximate surface area is 114 Å². The van der Waals surface area contributed by atoms with Crippen molar-refractivity contribution in [2.75, 3.05) is 44.4 Å². The summed E-state index contributed by atoms with van der Waals surface area (Å²) < 4.78 is 14.0. The van der Waals surface area contributed by atoms with Crippen LogP contribution in [-0.2, 0) is 0 Å². The second-order valence-electron chi connectivity index (χ2n) is 4.26. The molecule has 0 aliphatic carbocycles. The normalized spacial score (nSPS) is 18.3. The molecule has 1 aromatic rings. The van der Waals surface area contributed by atoms with Crippen LogP contribution >= 0.6 is 22.6 Å². The molecule has 1 saturated heterocycles. The summed E-state index contributed by atoms with van der Waals surface area (Å²) in [6.45, 7) is 3.81. The summed E-state index contributed by atoms with van der Waals surface area (Å²) in [6.07, 6.45) is 0. The molecule has 3 N–H and O–H groups in total. The molecule has 17 heavy (non-hydrogen) atoms. The number of rotatable bonds is 2. The third-order valence-electron chi connectivity index (χ3n) is 2.87. The molecule has 6 heteroatoms. The van der Waals surface area contributed by atoms with Gasteiger partial charge in [0.15, 0.2) is 0 Å². The molecule has 4 nitrogen and oxygen atoms in total. The summed E-state index contributed by atoms with van der Waals surface area (Å²) in [5.74, 6) is -0.239. The van der Waals surface area contributed by atoms with Gasteiger partial charge in [0.1, 0.15) is 5.82 Å². The maximum atomic E-state index is 13.4. The smallest absolute Gasteiger partial charge is 0.138 e. The average Bonchev–Trinajstić information content (AvgIpc) is 2.29. The fourth-order valence-corrected chi connectivity index (χ4v) is 2.24. The van der Waals surface area contributed by atoms with E-state index in [9.17, 15) is 4.39 Å². The molecular weight excluding hydrogens is 334 g/mol. The first kappa shape index (κ1) is 12.8. The van der Waals surface area contributed by atoms with Crippen molar-refractivity contribution in [3.63, 3.8) is 0 Å². The second-order valence-corrected chi connectivity index (χ2v) is 5.42. The minimum absolute atomic E-state index is 0.239. The van der Waals surface area contributed by atoms with Gasteiger partial charge in [0.05, 0.1) is 14.9 Å². The van der Waals surface area contributed by atoms with Gasteiger partial charge in [-0.05, 0) is 35.7 Å². The van der Waals surface area contributed by atoms with Crippen molar-refractivity contribution in [2.45, 2.75) is 0 Å². The van der Waals surface area contributed by atoms with Gasteiger partial charge in [0, 0.05) is 32.2 Å². The minimum Gasteiger partial charge on any atom is -0.397 e. The van der Waals surface area contributed by atoms with Crippen molar-refractivity contribution in [1.82, 2.24) is 9.91 Å². The molecule has 1 aromatic carbocycles. The summed E-state index contributed by atoms with van der Waals surface area (Å²) in [7, 11) is 2.09. The van der Waals surface area contributed by atoms with Crippen molar-refractivity contribution in [3.05, 3.63) is 21.5 Å². The van der Waals surface area contributed by atoms with E-state index in [1.165, 1.54) is 6.07 Å². The third-order valence-corrected chi connectivity index (χ3v) is 3.70. The highest BCUT2D eigenvalue weighted by Crippen LogP contribution is 2.24. The Morgan fingerprint density at radius 2 is 1.94 bits per heavy atom. The number of likely N-dealkylation sites (N-methyl/N-ethyl adjacent to an activating group) is 1. The Balaban J connectivity index is 2.06. The third kappa shape index (κ3) is 3.20. The zero-order chi connectivity index (χ0) is 12.4. The van der Waals surface area contributed by atoms with Gasteiger partial charge >= 0.3 is 0 Å².